The molecule has 0 bridgehead atoms. The van der Waals surface area contributed by atoms with Gasteiger partial charge in [-0.15, -0.1) is 0 Å². The average molecular weight is 338 g/mol. The molecule has 2 rings (SSSR count). The van der Waals surface area contributed by atoms with Crippen LogP contribution in [-0.4, -0.2) is 27.2 Å². The summed E-state index contributed by atoms with van der Waals surface area (Å²) < 4.78 is 46.0. The summed E-state index contributed by atoms with van der Waals surface area (Å²) in [6.07, 6.45) is 0.574. The smallest absolute Gasteiger partial charge is 0.244 e. The lowest BCUT2D eigenvalue weighted by molar-refractivity contribution is 0.178. The molecule has 0 spiro atoms. The van der Waals surface area contributed by atoms with Gasteiger partial charge in [0.15, 0.2) is 0 Å². The van der Waals surface area contributed by atoms with Gasteiger partial charge in [0, 0.05) is 11.1 Å². The molecule has 7 heteroatoms. The van der Waals surface area contributed by atoms with E-state index in [1.54, 1.807) is 6.92 Å². The van der Waals surface area contributed by atoms with Crippen LogP contribution in [0.2, 0.25) is 0 Å². The maximum atomic E-state index is 13.7. The van der Waals surface area contributed by atoms with E-state index in [2.05, 4.69) is 20.7 Å². The Morgan fingerprint density at radius 1 is 1.50 bits per heavy atom. The fourth-order valence-corrected chi connectivity index (χ4v) is 3.64. The average Bonchev–Trinajstić information content (AvgIpc) is 2.62. The van der Waals surface area contributed by atoms with E-state index in [0.717, 1.165) is 6.07 Å². The highest BCUT2D eigenvalue weighted by molar-refractivity contribution is 9.10. The summed E-state index contributed by atoms with van der Waals surface area (Å²) in [4.78, 5) is -0.348. The number of rotatable bonds is 3. The van der Waals surface area contributed by atoms with Gasteiger partial charge >= 0.3 is 0 Å². The van der Waals surface area contributed by atoms with Crippen LogP contribution in [0.25, 0.3) is 0 Å². The molecule has 0 aliphatic carbocycles. The quantitative estimate of drug-likeness (QED) is 0.918. The van der Waals surface area contributed by atoms with E-state index in [4.69, 9.17) is 4.74 Å². The Morgan fingerprint density at radius 3 is 2.78 bits per heavy atom. The zero-order chi connectivity index (χ0) is 13.4. The number of hydrogen-bond donors (Lipinski definition) is 1. The Labute approximate surface area is 114 Å². The first kappa shape index (κ1) is 13.9. The fraction of sp³-hybridized carbons (Fsp3) is 0.455. The number of nitrogens with one attached hydrogen (secondary N) is 1. The number of hydrogen-bond acceptors (Lipinski definition) is 3. The molecule has 1 aromatic rings. The summed E-state index contributed by atoms with van der Waals surface area (Å²) in [7, 11) is -3.88. The predicted molar refractivity (Wildman–Crippen MR) is 68.3 cm³/mol. The van der Waals surface area contributed by atoms with Crippen molar-refractivity contribution in [1.82, 2.24) is 4.72 Å². The number of halogens is 2. The Morgan fingerprint density at radius 2 is 2.22 bits per heavy atom. The molecule has 1 aliphatic heterocycles. The second kappa shape index (κ2) is 4.88. The van der Waals surface area contributed by atoms with E-state index in [-0.39, 0.29) is 4.90 Å². The van der Waals surface area contributed by atoms with Crippen molar-refractivity contribution in [3.05, 3.63) is 28.5 Å². The van der Waals surface area contributed by atoms with Crippen molar-refractivity contribution >= 4 is 26.0 Å². The Bertz CT molecular complexity index is 555. The lowest BCUT2D eigenvalue weighted by Crippen LogP contribution is -2.46. The van der Waals surface area contributed by atoms with Crippen LogP contribution in [0, 0.1) is 5.82 Å². The van der Waals surface area contributed by atoms with Crippen LogP contribution < -0.4 is 4.72 Å². The number of benzene rings is 1. The molecule has 0 amide bonds. The third-order valence-corrected chi connectivity index (χ3v) is 4.95. The minimum Gasteiger partial charge on any atom is -0.379 e. The van der Waals surface area contributed by atoms with Gasteiger partial charge in [-0.05, 0) is 31.5 Å². The molecule has 1 saturated heterocycles. The van der Waals surface area contributed by atoms with Crippen LogP contribution in [-0.2, 0) is 14.8 Å². The molecule has 1 atom stereocenters. The standard InChI is InChI=1S/C11H13BrFNO3S/c1-11(4-5-17-7-11)14-18(15,16)10-3-2-8(12)6-9(10)13/h2-3,6,14H,4-5,7H2,1H3/t11-/m0/s1. The second-order valence-corrected chi connectivity index (χ2v) is 7.11. The molecule has 18 heavy (non-hydrogen) atoms. The summed E-state index contributed by atoms with van der Waals surface area (Å²) in [5.41, 5.74) is -0.668. The first-order chi connectivity index (χ1) is 8.32. The van der Waals surface area contributed by atoms with Gasteiger partial charge in [0.2, 0.25) is 10.0 Å². The first-order valence-corrected chi connectivity index (χ1v) is 7.67. The van der Waals surface area contributed by atoms with Crippen LogP contribution in [0.4, 0.5) is 4.39 Å². The van der Waals surface area contributed by atoms with Crippen molar-refractivity contribution in [3.63, 3.8) is 0 Å². The monoisotopic (exact) mass is 337 g/mol. The molecule has 4 nitrogen and oxygen atoms in total. The van der Waals surface area contributed by atoms with E-state index >= 15 is 0 Å². The van der Waals surface area contributed by atoms with Gasteiger partial charge in [0.05, 0.1) is 12.1 Å². The predicted octanol–water partition coefficient (Wildman–Crippen LogP) is 2.05. The zero-order valence-electron chi connectivity index (χ0n) is 9.74. The van der Waals surface area contributed by atoms with Crippen LogP contribution in [0.5, 0.6) is 0 Å². The Balaban J connectivity index is 2.30. The van der Waals surface area contributed by atoms with Crippen molar-refractivity contribution in [2.75, 3.05) is 13.2 Å². The number of sulfonamides is 1. The summed E-state index contributed by atoms with van der Waals surface area (Å²) in [5, 5.41) is 0. The lowest BCUT2D eigenvalue weighted by Gasteiger charge is -2.23. The highest BCUT2D eigenvalue weighted by atomic mass is 79.9. The summed E-state index contributed by atoms with van der Waals surface area (Å²) >= 11 is 3.09. The van der Waals surface area contributed by atoms with Crippen molar-refractivity contribution in [1.29, 1.82) is 0 Å². The zero-order valence-corrected chi connectivity index (χ0v) is 12.1. The van der Waals surface area contributed by atoms with Crippen molar-refractivity contribution < 1.29 is 17.5 Å². The minimum atomic E-state index is -3.88. The van der Waals surface area contributed by atoms with Crippen molar-refractivity contribution in [3.8, 4) is 0 Å². The maximum Gasteiger partial charge on any atom is 0.244 e. The van der Waals surface area contributed by atoms with Crippen LogP contribution in [0.1, 0.15) is 13.3 Å². The molecule has 1 N–H and O–H groups in total. The van der Waals surface area contributed by atoms with Gasteiger partial charge in [0.1, 0.15) is 10.7 Å². The first-order valence-electron chi connectivity index (χ1n) is 5.39. The molecular formula is C11H13BrFNO3S. The van der Waals surface area contributed by atoms with E-state index < -0.39 is 21.4 Å². The molecule has 0 unspecified atom stereocenters. The third kappa shape index (κ3) is 2.90. The van der Waals surface area contributed by atoms with Crippen molar-refractivity contribution in [2.24, 2.45) is 0 Å². The molecule has 1 heterocycles. The molecule has 100 valence electrons. The Kier molecular flexibility index (Phi) is 3.77. The minimum absolute atomic E-state index is 0.296. The molecule has 0 saturated carbocycles. The van der Waals surface area contributed by atoms with E-state index in [0.29, 0.717) is 24.1 Å². The summed E-state index contributed by atoms with van der Waals surface area (Å²) in [5.74, 6) is -0.778. The largest absolute Gasteiger partial charge is 0.379 e. The van der Waals surface area contributed by atoms with E-state index in [1.807, 2.05) is 0 Å². The summed E-state index contributed by atoms with van der Waals surface area (Å²) in [6, 6.07) is 3.86. The van der Waals surface area contributed by atoms with Gasteiger partial charge < -0.3 is 4.74 Å². The van der Waals surface area contributed by atoms with Gasteiger partial charge in [-0.25, -0.2) is 17.5 Å². The SMILES string of the molecule is C[C@]1(NS(=O)(=O)c2ccc(Br)cc2F)CCOC1. The fourth-order valence-electron chi connectivity index (χ4n) is 1.82. The highest BCUT2D eigenvalue weighted by Crippen LogP contribution is 2.24. The van der Waals surface area contributed by atoms with E-state index in [1.165, 1.54) is 12.1 Å². The molecule has 0 aromatic heterocycles. The lowest BCUT2D eigenvalue weighted by atomic mass is 10.0. The molecule has 0 radical (unpaired) electrons. The maximum absolute atomic E-state index is 13.7. The molecule has 1 aromatic carbocycles. The number of ether oxygens (including phenoxy) is 1. The van der Waals surface area contributed by atoms with Gasteiger partial charge in [-0.3, -0.25) is 0 Å². The third-order valence-electron chi connectivity index (χ3n) is 2.78. The van der Waals surface area contributed by atoms with Crippen LogP contribution >= 0.6 is 15.9 Å². The van der Waals surface area contributed by atoms with E-state index in [9.17, 15) is 12.8 Å². The van der Waals surface area contributed by atoms with Crippen molar-refractivity contribution in [2.45, 2.75) is 23.8 Å². The van der Waals surface area contributed by atoms with Gasteiger partial charge in [-0.1, -0.05) is 15.9 Å². The Hall–Kier alpha value is -0.500. The summed E-state index contributed by atoms with van der Waals surface area (Å²) in [6.45, 7) is 2.54. The van der Waals surface area contributed by atoms with Crippen LogP contribution in [0.15, 0.2) is 27.6 Å². The van der Waals surface area contributed by atoms with Gasteiger partial charge in [0.25, 0.3) is 0 Å². The topological polar surface area (TPSA) is 55.4 Å². The molecule has 1 fully saturated rings. The van der Waals surface area contributed by atoms with Gasteiger partial charge in [-0.2, -0.15) is 0 Å². The highest BCUT2D eigenvalue weighted by Gasteiger charge is 2.35. The molecule has 1 aliphatic rings. The normalized spacial score (nSPS) is 24.4. The second-order valence-electron chi connectivity index (χ2n) is 4.54. The van der Waals surface area contributed by atoms with Crippen LogP contribution in [0.3, 0.4) is 0 Å². The molecular weight excluding hydrogens is 325 g/mol.